The van der Waals surface area contributed by atoms with Gasteiger partial charge in [0, 0.05) is 0 Å². The van der Waals surface area contributed by atoms with Crippen LogP contribution in [0.15, 0.2) is 0 Å². The van der Waals surface area contributed by atoms with Crippen LogP contribution in [0.3, 0.4) is 0 Å². The molecule has 23 heavy (non-hydrogen) atoms. The Morgan fingerprint density at radius 3 is 1.17 bits per heavy atom. The molecular weight excluding hydrogens is 501 g/mol. The third kappa shape index (κ3) is 4.09. The molecule has 0 aliphatic heterocycles. The fourth-order valence-electron chi connectivity index (χ4n) is 1.09. The molecule has 0 rings (SSSR count). The average Bonchev–Trinajstić information content (AvgIpc) is 2.35. The number of rotatable bonds is 7. The van der Waals surface area contributed by atoms with Gasteiger partial charge in [-0.15, -0.1) is 24.0 Å². The second-order valence-corrected chi connectivity index (χ2v) is 4.56. The van der Waals surface area contributed by atoms with Crippen LogP contribution in [0.5, 0.6) is 0 Å². The zero-order chi connectivity index (χ0) is 18.3. The minimum Gasteiger partial charge on any atom is -0.238 e. The van der Waals surface area contributed by atoms with Crippen LogP contribution >= 0.6 is 33.2 Å². The lowest BCUT2D eigenvalue weighted by Crippen LogP contribution is -2.67. The summed E-state index contributed by atoms with van der Waals surface area (Å²) >= 11 is 0. The van der Waals surface area contributed by atoms with Crippen molar-refractivity contribution in [1.29, 1.82) is 0 Å². The van der Waals surface area contributed by atoms with Crippen molar-refractivity contribution in [3.63, 3.8) is 0 Å². The topological polar surface area (TPSA) is 0 Å². The van der Waals surface area contributed by atoms with Crippen LogP contribution in [0, 0.1) is 0 Å². The maximum atomic E-state index is 12.9. The summed E-state index contributed by atoms with van der Waals surface area (Å²) in [6.07, 6.45) is -14.5. The van der Waals surface area contributed by atoms with E-state index in [1.807, 2.05) is 0 Å². The Morgan fingerprint density at radius 2 is 0.913 bits per heavy atom. The molecule has 0 heterocycles. The normalized spacial score (nSPS) is 18.4. The van der Waals surface area contributed by atoms with Gasteiger partial charge in [-0.1, -0.05) is 9.24 Å². The van der Waals surface area contributed by atoms with Gasteiger partial charge in [-0.25, -0.2) is 22.0 Å². The van der Waals surface area contributed by atoms with Gasteiger partial charge in [-0.3, -0.25) is 0 Å². The molecule has 142 valence electrons. The van der Waals surface area contributed by atoms with E-state index in [9.17, 15) is 57.1 Å². The Morgan fingerprint density at radius 1 is 0.609 bits per heavy atom. The van der Waals surface area contributed by atoms with Gasteiger partial charge in [-0.2, -0.15) is 35.1 Å². The molecule has 0 saturated heterocycles. The monoisotopic (exact) mass is 508 g/mol. The van der Waals surface area contributed by atoms with E-state index in [0.29, 0.717) is 0 Å². The molecule has 0 N–H and O–H groups in total. The number of hydrogen-bond acceptors (Lipinski definition) is 0. The number of alkyl halides is 13. The molecule has 0 radical (unpaired) electrons. The fraction of sp³-hybridized carbons (Fsp3) is 1.00. The largest absolute Gasteiger partial charge is 0.381 e. The van der Waals surface area contributed by atoms with Crippen LogP contribution in [0.4, 0.5) is 57.1 Å². The lowest BCUT2D eigenvalue weighted by Gasteiger charge is -2.38. The zero-order valence-electron chi connectivity index (χ0n) is 10.2. The first-order valence-electron chi connectivity index (χ1n) is 4.93. The summed E-state index contributed by atoms with van der Waals surface area (Å²) in [4.78, 5) is 0. The highest BCUT2D eigenvalue weighted by Crippen LogP contribution is 2.56. The van der Waals surface area contributed by atoms with Crippen LogP contribution in [0.2, 0.25) is 0 Å². The summed E-state index contributed by atoms with van der Waals surface area (Å²) in [5.74, 6) is -32.2. The lowest BCUT2D eigenvalue weighted by molar-refractivity contribution is -0.382. The van der Waals surface area contributed by atoms with Crippen molar-refractivity contribution in [2.24, 2.45) is 0 Å². The van der Waals surface area contributed by atoms with Crippen molar-refractivity contribution in [3.8, 4) is 0 Å². The highest BCUT2D eigenvalue weighted by Gasteiger charge is 2.84. The summed E-state index contributed by atoms with van der Waals surface area (Å²) < 4.78 is 163. The Balaban J connectivity index is 0. The molecule has 0 aliphatic rings. The molecule has 4 unspecified atom stereocenters. The Kier molecular flexibility index (Phi) is 8.47. The predicted octanol–water partition coefficient (Wildman–Crippen LogP) is 5.26. The van der Waals surface area contributed by atoms with E-state index >= 15 is 0 Å². The Hall–Kier alpha value is 0.250. The third-order valence-corrected chi connectivity index (χ3v) is 2.86. The van der Waals surface area contributed by atoms with Crippen LogP contribution in [0.25, 0.3) is 0 Å². The van der Waals surface area contributed by atoms with E-state index < -0.39 is 48.4 Å². The van der Waals surface area contributed by atoms with Gasteiger partial charge >= 0.3 is 23.7 Å². The summed E-state index contributed by atoms with van der Waals surface area (Å²) in [7, 11) is 0.284. The van der Waals surface area contributed by atoms with Crippen LogP contribution in [0.1, 0.15) is 0 Å². The third-order valence-electron chi connectivity index (χ3n) is 2.44. The second-order valence-electron chi connectivity index (χ2n) is 3.98. The van der Waals surface area contributed by atoms with E-state index in [1.165, 1.54) is 0 Å². The Bertz CT molecular complexity index is 384. The van der Waals surface area contributed by atoms with Gasteiger partial charge in [0.15, 0.2) is 12.1 Å². The molecule has 0 fully saturated rings. The summed E-state index contributed by atoms with van der Waals surface area (Å²) in [5, 5.41) is 0. The molecule has 15 heteroatoms. The standard InChI is InChI=1S/C8H6F13P.HI/c9-1(3(11)12)2(10)5(14,15)7(18,19)8(20,21)6(16,17)4(13)22;/h1-4H,22H2;1H. The van der Waals surface area contributed by atoms with Crippen LogP contribution in [-0.4, -0.2) is 48.4 Å². The average molecular weight is 508 g/mol. The molecule has 0 aromatic heterocycles. The van der Waals surface area contributed by atoms with Crippen molar-refractivity contribution >= 4 is 33.2 Å². The van der Waals surface area contributed by atoms with E-state index in [0.717, 1.165) is 0 Å². The van der Waals surface area contributed by atoms with Gasteiger partial charge in [0.2, 0.25) is 6.17 Å². The molecule has 0 nitrogen and oxygen atoms in total. The molecule has 0 aromatic rings. The van der Waals surface area contributed by atoms with Gasteiger partial charge in [0.25, 0.3) is 6.43 Å². The SMILES string of the molecule is FC(F)C(F)C(F)C(F)(F)C(F)(F)C(F)(F)C(F)(F)C(F)P.I. The first-order chi connectivity index (χ1) is 9.46. The molecule has 0 bridgehead atoms. The van der Waals surface area contributed by atoms with Crippen molar-refractivity contribution < 1.29 is 57.1 Å². The maximum absolute atomic E-state index is 12.9. The predicted molar refractivity (Wildman–Crippen MR) is 65.6 cm³/mol. The van der Waals surface area contributed by atoms with Crippen LogP contribution in [-0.2, 0) is 0 Å². The molecule has 0 amide bonds. The van der Waals surface area contributed by atoms with Gasteiger partial charge in [0.05, 0.1) is 0 Å². The Labute approximate surface area is 139 Å². The second kappa shape index (κ2) is 7.65. The quantitative estimate of drug-likeness (QED) is 0.251. The van der Waals surface area contributed by atoms with Gasteiger partial charge < -0.3 is 0 Å². The summed E-state index contributed by atoms with van der Waals surface area (Å²) in [5.41, 5.74) is 0. The zero-order valence-corrected chi connectivity index (χ0v) is 13.7. The van der Waals surface area contributed by atoms with Crippen molar-refractivity contribution in [2.45, 2.75) is 48.4 Å². The van der Waals surface area contributed by atoms with E-state index in [2.05, 4.69) is 0 Å². The highest BCUT2D eigenvalue weighted by molar-refractivity contribution is 14.0. The summed E-state index contributed by atoms with van der Waals surface area (Å²) in [6, 6.07) is 0. The lowest BCUT2D eigenvalue weighted by atomic mass is 9.94. The first-order valence-corrected chi connectivity index (χ1v) is 5.60. The first kappa shape index (κ1) is 25.5. The highest BCUT2D eigenvalue weighted by atomic mass is 127. The van der Waals surface area contributed by atoms with Crippen molar-refractivity contribution in [1.82, 2.24) is 0 Å². The van der Waals surface area contributed by atoms with Crippen LogP contribution < -0.4 is 0 Å². The van der Waals surface area contributed by atoms with E-state index in [4.69, 9.17) is 0 Å². The molecule has 0 saturated carbocycles. The minimum absolute atomic E-state index is 0. The molecule has 0 aromatic carbocycles. The number of hydrogen-bond donors (Lipinski definition) is 0. The molecule has 0 aliphatic carbocycles. The van der Waals surface area contributed by atoms with Crippen molar-refractivity contribution in [3.05, 3.63) is 0 Å². The van der Waals surface area contributed by atoms with Gasteiger partial charge in [0.1, 0.15) is 0 Å². The van der Waals surface area contributed by atoms with Gasteiger partial charge in [-0.05, 0) is 0 Å². The maximum Gasteiger partial charge on any atom is 0.381 e. The minimum atomic E-state index is -7.37. The fourth-order valence-corrected chi connectivity index (χ4v) is 1.30. The summed E-state index contributed by atoms with van der Waals surface area (Å²) in [6.45, 7) is 0. The smallest absolute Gasteiger partial charge is 0.238 e. The van der Waals surface area contributed by atoms with E-state index in [1.54, 1.807) is 0 Å². The molecule has 4 atom stereocenters. The molecular formula is C8H7F13IP. The van der Waals surface area contributed by atoms with Crippen molar-refractivity contribution in [2.75, 3.05) is 0 Å². The van der Waals surface area contributed by atoms with E-state index in [-0.39, 0.29) is 33.2 Å². The number of halogens is 14. The molecule has 0 spiro atoms.